The molecule has 0 amide bonds. The molecule has 0 aromatic rings. The lowest BCUT2D eigenvalue weighted by Crippen LogP contribution is -2.26. The van der Waals surface area contributed by atoms with Crippen molar-refractivity contribution in [3.63, 3.8) is 0 Å². The van der Waals surface area contributed by atoms with Gasteiger partial charge in [-0.2, -0.15) is 0 Å². The minimum absolute atomic E-state index is 0.0412. The lowest BCUT2D eigenvalue weighted by atomic mass is 9.71. The van der Waals surface area contributed by atoms with Crippen molar-refractivity contribution in [1.29, 1.82) is 0 Å². The fourth-order valence-corrected chi connectivity index (χ4v) is 2.49. The maximum absolute atomic E-state index is 11.1. The van der Waals surface area contributed by atoms with Crippen molar-refractivity contribution in [1.82, 2.24) is 0 Å². The summed E-state index contributed by atoms with van der Waals surface area (Å²) in [5, 5.41) is 0. The number of aldehydes is 1. The Morgan fingerprint density at radius 3 is 2.23 bits per heavy atom. The van der Waals surface area contributed by atoms with Crippen LogP contribution >= 0.6 is 0 Å². The third-order valence-corrected chi connectivity index (χ3v) is 3.64. The van der Waals surface area contributed by atoms with Crippen LogP contribution in [-0.2, 0) is 4.79 Å². The maximum Gasteiger partial charge on any atom is 0.126 e. The highest BCUT2D eigenvalue weighted by molar-refractivity contribution is 5.60. The predicted molar refractivity (Wildman–Crippen MR) is 55.7 cm³/mol. The van der Waals surface area contributed by atoms with Gasteiger partial charge in [-0.25, -0.2) is 0 Å². The van der Waals surface area contributed by atoms with Crippen molar-refractivity contribution in [2.75, 3.05) is 0 Å². The molecular weight excluding hydrogens is 160 g/mol. The average molecular weight is 182 g/mol. The van der Waals surface area contributed by atoms with Crippen molar-refractivity contribution in [3.05, 3.63) is 0 Å². The summed E-state index contributed by atoms with van der Waals surface area (Å²) in [5.74, 6) is 0. The smallest absolute Gasteiger partial charge is 0.126 e. The summed E-state index contributed by atoms with van der Waals surface area (Å²) in [6.45, 7) is 6.76. The van der Waals surface area contributed by atoms with Gasteiger partial charge in [0.25, 0.3) is 0 Å². The van der Waals surface area contributed by atoms with Crippen LogP contribution in [-0.4, -0.2) is 6.29 Å². The third-order valence-electron chi connectivity index (χ3n) is 3.64. The summed E-state index contributed by atoms with van der Waals surface area (Å²) in [7, 11) is 0. The van der Waals surface area contributed by atoms with E-state index in [4.69, 9.17) is 0 Å². The first-order valence-electron chi connectivity index (χ1n) is 5.50. The Labute approximate surface area is 81.9 Å². The molecule has 0 heterocycles. The topological polar surface area (TPSA) is 17.1 Å². The quantitative estimate of drug-likeness (QED) is 0.607. The molecule has 0 bridgehead atoms. The number of rotatable bonds is 4. The highest BCUT2D eigenvalue weighted by atomic mass is 16.1. The Balaban J connectivity index is 2.63. The van der Waals surface area contributed by atoms with Gasteiger partial charge in [0, 0.05) is 5.41 Å². The first kappa shape index (κ1) is 10.7. The number of hydrogen-bond acceptors (Lipinski definition) is 1. The second-order valence-corrected chi connectivity index (χ2v) is 5.38. The Morgan fingerprint density at radius 1 is 1.31 bits per heavy atom. The highest BCUT2D eigenvalue weighted by Gasteiger charge is 2.37. The second-order valence-electron chi connectivity index (χ2n) is 5.38. The van der Waals surface area contributed by atoms with Gasteiger partial charge in [-0.05, 0) is 24.7 Å². The van der Waals surface area contributed by atoms with Crippen LogP contribution in [0.2, 0.25) is 0 Å². The maximum atomic E-state index is 11.1. The molecule has 0 aromatic heterocycles. The molecule has 0 aliphatic heterocycles. The van der Waals surface area contributed by atoms with E-state index in [0.717, 1.165) is 19.3 Å². The van der Waals surface area contributed by atoms with Gasteiger partial charge >= 0.3 is 0 Å². The van der Waals surface area contributed by atoms with Crippen LogP contribution in [0.3, 0.4) is 0 Å². The van der Waals surface area contributed by atoms with Crippen molar-refractivity contribution in [2.45, 2.75) is 59.3 Å². The van der Waals surface area contributed by atoms with Gasteiger partial charge < -0.3 is 4.79 Å². The van der Waals surface area contributed by atoms with E-state index in [2.05, 4.69) is 20.8 Å². The molecule has 0 saturated heterocycles. The monoisotopic (exact) mass is 182 g/mol. The summed E-state index contributed by atoms with van der Waals surface area (Å²) in [6, 6.07) is 0. The van der Waals surface area contributed by atoms with Gasteiger partial charge in [0.05, 0.1) is 0 Å². The molecule has 0 N–H and O–H groups in total. The van der Waals surface area contributed by atoms with Crippen LogP contribution in [0.15, 0.2) is 0 Å². The largest absolute Gasteiger partial charge is 0.303 e. The van der Waals surface area contributed by atoms with Crippen LogP contribution in [0, 0.1) is 10.8 Å². The molecular formula is C12H22O. The minimum atomic E-state index is 0.0412. The SMILES string of the molecule is CCC(C)(C)CC1(C=O)CCCC1. The first-order chi connectivity index (χ1) is 6.04. The van der Waals surface area contributed by atoms with Gasteiger partial charge in [-0.3, -0.25) is 0 Å². The molecule has 0 radical (unpaired) electrons. The van der Waals surface area contributed by atoms with E-state index < -0.39 is 0 Å². The van der Waals surface area contributed by atoms with E-state index in [-0.39, 0.29) is 5.41 Å². The molecule has 1 rings (SSSR count). The fourth-order valence-electron chi connectivity index (χ4n) is 2.49. The molecule has 1 fully saturated rings. The lowest BCUT2D eigenvalue weighted by Gasteiger charge is -2.32. The van der Waals surface area contributed by atoms with Crippen molar-refractivity contribution in [3.8, 4) is 0 Å². The molecule has 1 aliphatic carbocycles. The van der Waals surface area contributed by atoms with Gasteiger partial charge in [0.15, 0.2) is 0 Å². The van der Waals surface area contributed by atoms with Crippen molar-refractivity contribution in [2.24, 2.45) is 10.8 Å². The summed E-state index contributed by atoms with van der Waals surface area (Å²) in [6.07, 6.45) is 8.23. The minimum Gasteiger partial charge on any atom is -0.303 e. The van der Waals surface area contributed by atoms with E-state index >= 15 is 0 Å². The molecule has 1 nitrogen and oxygen atoms in total. The van der Waals surface area contributed by atoms with E-state index in [1.54, 1.807) is 0 Å². The lowest BCUT2D eigenvalue weighted by molar-refractivity contribution is -0.117. The van der Waals surface area contributed by atoms with Crippen LogP contribution < -0.4 is 0 Å². The zero-order chi connectivity index (χ0) is 9.95. The molecule has 0 spiro atoms. The van der Waals surface area contributed by atoms with Gasteiger partial charge in [0.1, 0.15) is 6.29 Å². The van der Waals surface area contributed by atoms with Crippen LogP contribution in [0.25, 0.3) is 0 Å². The molecule has 76 valence electrons. The Morgan fingerprint density at radius 2 is 1.85 bits per heavy atom. The molecule has 1 aliphatic rings. The van der Waals surface area contributed by atoms with Gasteiger partial charge in [-0.1, -0.05) is 40.0 Å². The Hall–Kier alpha value is -0.330. The molecule has 0 unspecified atom stereocenters. The average Bonchev–Trinajstić information content (AvgIpc) is 2.53. The summed E-state index contributed by atoms with van der Waals surface area (Å²) in [5.41, 5.74) is 0.380. The standard InChI is InChI=1S/C12H22O/c1-4-11(2,3)9-12(10-13)7-5-6-8-12/h10H,4-9H2,1-3H3. The van der Waals surface area contributed by atoms with Crippen LogP contribution in [0.5, 0.6) is 0 Å². The molecule has 0 atom stereocenters. The summed E-state index contributed by atoms with van der Waals surface area (Å²) in [4.78, 5) is 11.1. The second kappa shape index (κ2) is 3.81. The highest BCUT2D eigenvalue weighted by Crippen LogP contribution is 2.45. The van der Waals surface area contributed by atoms with E-state index in [0.29, 0.717) is 5.41 Å². The Bertz CT molecular complexity index is 176. The van der Waals surface area contributed by atoms with E-state index in [9.17, 15) is 4.79 Å². The summed E-state index contributed by atoms with van der Waals surface area (Å²) >= 11 is 0. The van der Waals surface area contributed by atoms with Crippen LogP contribution in [0.4, 0.5) is 0 Å². The van der Waals surface area contributed by atoms with Crippen molar-refractivity contribution < 1.29 is 4.79 Å². The van der Waals surface area contributed by atoms with Gasteiger partial charge in [0.2, 0.25) is 0 Å². The zero-order valence-electron chi connectivity index (χ0n) is 9.23. The predicted octanol–water partition coefficient (Wildman–Crippen LogP) is 3.57. The van der Waals surface area contributed by atoms with E-state index in [1.165, 1.54) is 25.5 Å². The number of carbonyl (C=O) groups is 1. The third kappa shape index (κ3) is 2.55. The zero-order valence-corrected chi connectivity index (χ0v) is 9.23. The first-order valence-corrected chi connectivity index (χ1v) is 5.50. The summed E-state index contributed by atoms with van der Waals surface area (Å²) < 4.78 is 0. The van der Waals surface area contributed by atoms with Crippen molar-refractivity contribution >= 4 is 6.29 Å². The molecule has 0 aromatic carbocycles. The van der Waals surface area contributed by atoms with Gasteiger partial charge in [-0.15, -0.1) is 0 Å². The normalized spacial score (nSPS) is 21.8. The fraction of sp³-hybridized carbons (Fsp3) is 0.917. The Kier molecular flexibility index (Phi) is 3.15. The number of carbonyl (C=O) groups excluding carboxylic acids is 1. The van der Waals surface area contributed by atoms with E-state index in [1.807, 2.05) is 0 Å². The molecule has 13 heavy (non-hydrogen) atoms. The number of hydrogen-bond donors (Lipinski definition) is 0. The molecule has 1 saturated carbocycles. The molecule has 1 heteroatoms. The van der Waals surface area contributed by atoms with Crippen LogP contribution in [0.1, 0.15) is 59.3 Å².